The van der Waals surface area contributed by atoms with Crippen molar-refractivity contribution < 1.29 is 48.1 Å². The third-order valence-corrected chi connectivity index (χ3v) is 14.9. The second kappa shape index (κ2) is 24.0. The molecule has 0 atom stereocenters. The van der Waals surface area contributed by atoms with Gasteiger partial charge in [0, 0.05) is 0 Å². The molecule has 0 radical (unpaired) electrons. The third kappa shape index (κ3) is 13.1. The largest absolute Gasteiger partial charge is 1.00 e. The Kier molecular flexibility index (Phi) is 19.9. The van der Waals surface area contributed by atoms with Gasteiger partial charge in [-0.25, -0.2) is 0 Å². The molecule has 6 aromatic carbocycles. The van der Waals surface area contributed by atoms with E-state index in [0.717, 1.165) is 11.8 Å². The average Bonchev–Trinajstić information content (AvgIpc) is 4.01. The number of hydrogen-bond donors (Lipinski definition) is 0. The van der Waals surface area contributed by atoms with Crippen LogP contribution in [0.4, 0.5) is 0 Å². The van der Waals surface area contributed by atoms with Crippen molar-refractivity contribution in [2.45, 2.75) is 130 Å². The van der Waals surface area contributed by atoms with Gasteiger partial charge in [0.05, 0.1) is 0 Å². The van der Waals surface area contributed by atoms with E-state index >= 15 is 0 Å². The number of hydrogen-bond acceptors (Lipinski definition) is 0. The van der Waals surface area contributed by atoms with E-state index in [-0.39, 0.29) is 30.2 Å². The van der Waals surface area contributed by atoms with Gasteiger partial charge in [-0.05, 0) is 59.8 Å². The van der Waals surface area contributed by atoms with Gasteiger partial charge in [-0.1, -0.05) is 150 Å². The first-order valence-corrected chi connectivity index (χ1v) is 27.4. The Hall–Kier alpha value is -2.22. The summed E-state index contributed by atoms with van der Waals surface area (Å²) in [6, 6.07) is 43.1. The number of halogens is 2. The molecule has 6 aromatic rings. The van der Waals surface area contributed by atoms with Crippen molar-refractivity contribution in [3.63, 3.8) is 0 Å². The molecule has 0 spiro atoms. The molecule has 0 aliphatic heterocycles. The molecular formula is C52H64Cl2SiZr-2. The molecule has 0 amide bonds. The zero-order valence-corrected chi connectivity index (χ0v) is 39.6. The maximum atomic E-state index is 2.45. The van der Waals surface area contributed by atoms with Gasteiger partial charge in [-0.3, -0.25) is 0 Å². The van der Waals surface area contributed by atoms with Gasteiger partial charge < -0.3 is 24.8 Å². The molecule has 2 saturated carbocycles. The van der Waals surface area contributed by atoms with Gasteiger partial charge >= 0.3 is 54.7 Å². The van der Waals surface area contributed by atoms with Gasteiger partial charge in [-0.15, -0.1) is 69.1 Å². The average molecular weight is 879 g/mol. The van der Waals surface area contributed by atoms with Crippen LogP contribution >= 0.6 is 0 Å². The SMILES string of the molecule is CCC[Si](C)=[Zr+2].CCCc1ccc(-c2cccc3[cH-]c(CC4CCCC4)cc23)cc1.CCCc1ccc(-c2cccc3[cH-]c(CC4CCCC4)cc23)cc1.[Cl-].[Cl-]. The van der Waals surface area contributed by atoms with Crippen LogP contribution in [0.2, 0.25) is 12.6 Å². The number of benzene rings is 4. The molecule has 4 heteroatoms. The van der Waals surface area contributed by atoms with Crippen molar-refractivity contribution in [3.8, 4) is 22.3 Å². The molecule has 56 heavy (non-hydrogen) atoms. The molecule has 2 fully saturated rings. The first-order valence-electron chi connectivity index (χ1n) is 21.5. The van der Waals surface area contributed by atoms with E-state index in [0.29, 0.717) is 0 Å². The second-order valence-electron chi connectivity index (χ2n) is 16.5. The summed E-state index contributed by atoms with van der Waals surface area (Å²) in [5.41, 5.74) is 11.6. The van der Waals surface area contributed by atoms with Gasteiger partial charge in [0.25, 0.3) is 0 Å². The topological polar surface area (TPSA) is 0 Å². The Balaban J connectivity index is 0.000000211. The zero-order valence-electron chi connectivity index (χ0n) is 34.6. The standard InChI is InChI=1S/2C24H27.C4H10Si.2ClH.Zr/c2*1-2-6-18-11-13-21(14-12-18)23-10-5-9-22-16-20(17-24(22)23)15-19-7-3-4-8-19;1-3-4-5-2;;;/h2*5,9-14,16-17,19H,2-4,6-8,15H2,1H3;3-4H2,1-2H3;2*1H;/q2*-1;;;;+2/p-2. The van der Waals surface area contributed by atoms with E-state index in [1.54, 1.807) is 23.3 Å². The van der Waals surface area contributed by atoms with Gasteiger partial charge in [-0.2, -0.15) is 12.1 Å². The number of rotatable bonds is 12. The van der Waals surface area contributed by atoms with E-state index in [1.807, 2.05) is 0 Å². The van der Waals surface area contributed by atoms with Crippen molar-refractivity contribution in [2.75, 3.05) is 0 Å². The second-order valence-corrected chi connectivity index (χ2v) is 24.8. The minimum atomic E-state index is 0. The summed E-state index contributed by atoms with van der Waals surface area (Å²) in [6.07, 6.45) is 20.1. The molecule has 2 aliphatic carbocycles. The molecule has 0 nitrogen and oxygen atoms in total. The molecule has 8 rings (SSSR count). The van der Waals surface area contributed by atoms with Crippen LogP contribution in [0.15, 0.2) is 109 Å². The first-order chi connectivity index (χ1) is 26.4. The van der Waals surface area contributed by atoms with Crippen LogP contribution in [0.3, 0.4) is 0 Å². The quantitative estimate of drug-likeness (QED) is 0.0850. The van der Waals surface area contributed by atoms with Crippen LogP contribution in [0.1, 0.15) is 114 Å². The van der Waals surface area contributed by atoms with E-state index < -0.39 is 0 Å². The molecule has 0 aromatic heterocycles. The minimum Gasteiger partial charge on any atom is -1.00 e. The molecule has 2 aliphatic rings. The zero-order chi connectivity index (χ0) is 37.7. The van der Waals surface area contributed by atoms with Gasteiger partial charge in [0.15, 0.2) is 0 Å². The molecule has 0 heterocycles. The summed E-state index contributed by atoms with van der Waals surface area (Å²) >= 11 is 1.79. The number of fused-ring (bicyclic) bond motifs is 2. The van der Waals surface area contributed by atoms with Crippen molar-refractivity contribution >= 4 is 27.0 Å². The van der Waals surface area contributed by atoms with Gasteiger partial charge in [0.2, 0.25) is 0 Å². The molecule has 0 bridgehead atoms. The van der Waals surface area contributed by atoms with E-state index in [1.165, 1.54) is 168 Å². The van der Waals surface area contributed by atoms with Crippen LogP contribution in [0.5, 0.6) is 0 Å². The first kappa shape index (κ1) is 46.5. The summed E-state index contributed by atoms with van der Waals surface area (Å²) in [7, 11) is 0. The summed E-state index contributed by atoms with van der Waals surface area (Å²) in [5.74, 6) is 1.83. The normalized spacial score (nSPS) is 14.1. The fourth-order valence-electron chi connectivity index (χ4n) is 9.08. The van der Waals surface area contributed by atoms with Crippen LogP contribution in [-0.2, 0) is 49.0 Å². The van der Waals surface area contributed by atoms with Crippen molar-refractivity contribution in [1.29, 1.82) is 0 Å². The van der Waals surface area contributed by atoms with E-state index in [4.69, 9.17) is 0 Å². The Morgan fingerprint density at radius 3 is 1.27 bits per heavy atom. The van der Waals surface area contributed by atoms with Crippen molar-refractivity contribution in [3.05, 3.63) is 131 Å². The van der Waals surface area contributed by atoms with Crippen LogP contribution in [0, 0.1) is 11.8 Å². The Labute approximate surface area is 367 Å². The minimum absolute atomic E-state index is 0. The summed E-state index contributed by atoms with van der Waals surface area (Å²) < 4.78 is 0. The summed E-state index contributed by atoms with van der Waals surface area (Å²) in [4.78, 5) is 0. The smallest absolute Gasteiger partial charge is 0.0279 e. The van der Waals surface area contributed by atoms with Crippen LogP contribution in [0.25, 0.3) is 43.8 Å². The molecule has 296 valence electrons. The van der Waals surface area contributed by atoms with E-state index in [2.05, 4.69) is 137 Å². The fourth-order valence-corrected chi connectivity index (χ4v) is 11.7. The Morgan fingerprint density at radius 2 is 0.946 bits per heavy atom. The van der Waals surface area contributed by atoms with Crippen LogP contribution < -0.4 is 24.8 Å². The fraction of sp³-hybridized carbons (Fsp3) is 0.423. The predicted molar refractivity (Wildman–Crippen MR) is 236 cm³/mol. The monoisotopic (exact) mass is 876 g/mol. The van der Waals surface area contributed by atoms with Crippen molar-refractivity contribution in [2.24, 2.45) is 11.8 Å². The molecule has 0 saturated heterocycles. The number of aryl methyl sites for hydroxylation is 2. The predicted octanol–water partition coefficient (Wildman–Crippen LogP) is 9.39. The summed E-state index contributed by atoms with van der Waals surface area (Å²) in [6.45, 7) is 9.14. The maximum Gasteiger partial charge on any atom is -0.0279 e. The maximum absolute atomic E-state index is 2.45. The molecule has 0 unspecified atom stereocenters. The van der Waals surface area contributed by atoms with Crippen molar-refractivity contribution in [1.82, 2.24) is 0 Å². The van der Waals surface area contributed by atoms with Crippen LogP contribution in [-0.4, -0.2) is 5.43 Å². The third-order valence-electron chi connectivity index (χ3n) is 11.9. The van der Waals surface area contributed by atoms with E-state index in [9.17, 15) is 0 Å². The Bertz CT molecular complexity index is 1900. The van der Waals surface area contributed by atoms with Gasteiger partial charge in [0.1, 0.15) is 0 Å². The molecule has 0 N–H and O–H groups in total. The molecular weight excluding hydrogens is 815 g/mol. The Morgan fingerprint density at radius 1 is 0.554 bits per heavy atom. The summed E-state index contributed by atoms with van der Waals surface area (Å²) in [5, 5.41) is 5.65.